The van der Waals surface area contributed by atoms with Gasteiger partial charge < -0.3 is 5.32 Å². The van der Waals surface area contributed by atoms with Crippen molar-refractivity contribution in [2.75, 3.05) is 11.9 Å². The van der Waals surface area contributed by atoms with Crippen LogP contribution in [0, 0.1) is 6.92 Å². The molecule has 1 unspecified atom stereocenters. The Morgan fingerprint density at radius 2 is 2.50 bits per heavy atom. The first-order chi connectivity index (χ1) is 5.72. The number of alkyl halides is 1. The molecule has 0 amide bonds. The molecule has 1 rings (SSSR count). The van der Waals surface area contributed by atoms with Crippen molar-refractivity contribution in [2.24, 2.45) is 0 Å². The second-order valence-electron chi connectivity index (χ2n) is 2.68. The summed E-state index contributed by atoms with van der Waals surface area (Å²) >= 11 is 7.56. The number of hydrogen-bond donors (Lipinski definition) is 1. The normalized spacial score (nSPS) is 12.9. The Balaban J connectivity index is 2.33. The van der Waals surface area contributed by atoms with Gasteiger partial charge in [-0.05, 0) is 13.3 Å². The Morgan fingerprint density at radius 3 is 3.00 bits per heavy atom. The van der Waals surface area contributed by atoms with Crippen LogP contribution in [0.3, 0.4) is 0 Å². The second-order valence-corrected chi connectivity index (χ2v) is 4.16. The number of rotatable bonds is 4. The van der Waals surface area contributed by atoms with Crippen LogP contribution >= 0.6 is 22.9 Å². The van der Waals surface area contributed by atoms with Gasteiger partial charge >= 0.3 is 0 Å². The first-order valence-electron chi connectivity index (χ1n) is 4.02. The summed E-state index contributed by atoms with van der Waals surface area (Å²) in [6.45, 7) is 4.86. The van der Waals surface area contributed by atoms with Gasteiger partial charge in [-0.25, -0.2) is 4.98 Å². The Morgan fingerprint density at radius 1 is 1.75 bits per heavy atom. The molecule has 12 heavy (non-hydrogen) atoms. The van der Waals surface area contributed by atoms with Gasteiger partial charge in [-0.3, -0.25) is 0 Å². The maximum Gasteiger partial charge on any atom is 0.182 e. The van der Waals surface area contributed by atoms with Crippen LogP contribution in [0.5, 0.6) is 0 Å². The molecule has 0 bridgehead atoms. The zero-order valence-electron chi connectivity index (χ0n) is 7.30. The van der Waals surface area contributed by atoms with Crippen LogP contribution in [-0.2, 0) is 0 Å². The van der Waals surface area contributed by atoms with Gasteiger partial charge in [0.2, 0.25) is 0 Å². The molecule has 2 nitrogen and oxygen atoms in total. The number of hydrogen-bond acceptors (Lipinski definition) is 3. The Hall–Kier alpha value is -0.280. The van der Waals surface area contributed by atoms with Gasteiger partial charge in [-0.15, -0.1) is 22.9 Å². The van der Waals surface area contributed by atoms with Gasteiger partial charge in [0, 0.05) is 11.9 Å². The van der Waals surface area contributed by atoms with Gasteiger partial charge in [0.05, 0.1) is 11.1 Å². The molecule has 0 aliphatic carbocycles. The zero-order chi connectivity index (χ0) is 8.97. The standard InChI is InChI=1S/C8H13ClN2S/c1-3-7(9)4-10-8-11-6(2)5-12-8/h5,7H,3-4H2,1-2H3,(H,10,11). The maximum atomic E-state index is 5.94. The highest BCUT2D eigenvalue weighted by Gasteiger charge is 2.02. The molecule has 0 saturated heterocycles. The van der Waals surface area contributed by atoms with E-state index in [1.165, 1.54) is 0 Å². The van der Waals surface area contributed by atoms with E-state index in [-0.39, 0.29) is 5.38 Å². The molecule has 1 N–H and O–H groups in total. The predicted molar refractivity (Wildman–Crippen MR) is 55.3 cm³/mol. The largest absolute Gasteiger partial charge is 0.360 e. The average molecular weight is 205 g/mol. The smallest absolute Gasteiger partial charge is 0.182 e. The van der Waals surface area contributed by atoms with Crippen LogP contribution < -0.4 is 5.32 Å². The molecule has 0 aliphatic heterocycles. The minimum atomic E-state index is 0.203. The van der Waals surface area contributed by atoms with Crippen molar-refractivity contribution in [3.8, 4) is 0 Å². The Kier molecular flexibility index (Phi) is 3.82. The summed E-state index contributed by atoms with van der Waals surface area (Å²) in [5, 5.41) is 6.38. The fourth-order valence-electron chi connectivity index (χ4n) is 0.778. The van der Waals surface area contributed by atoms with Crippen LogP contribution in [0.25, 0.3) is 0 Å². The quantitative estimate of drug-likeness (QED) is 0.763. The fourth-order valence-corrected chi connectivity index (χ4v) is 1.55. The third kappa shape index (κ3) is 2.99. The van der Waals surface area contributed by atoms with Gasteiger partial charge in [-0.2, -0.15) is 0 Å². The summed E-state index contributed by atoms with van der Waals surface area (Å²) in [6, 6.07) is 0. The van der Waals surface area contributed by atoms with Crippen LogP contribution in [-0.4, -0.2) is 16.9 Å². The van der Waals surface area contributed by atoms with Crippen molar-refractivity contribution >= 4 is 28.1 Å². The Bertz CT molecular complexity index is 237. The number of halogens is 1. The van der Waals surface area contributed by atoms with Crippen molar-refractivity contribution in [3.05, 3.63) is 11.1 Å². The van der Waals surface area contributed by atoms with E-state index in [1.807, 2.05) is 12.3 Å². The van der Waals surface area contributed by atoms with Gasteiger partial charge in [0.1, 0.15) is 0 Å². The molecule has 68 valence electrons. The third-order valence-electron chi connectivity index (χ3n) is 1.54. The molecule has 0 aromatic carbocycles. The van der Waals surface area contributed by atoms with Crippen molar-refractivity contribution < 1.29 is 0 Å². The molecule has 0 spiro atoms. The van der Waals surface area contributed by atoms with E-state index in [4.69, 9.17) is 11.6 Å². The number of thiazole rings is 1. The molecule has 0 saturated carbocycles. The van der Waals surface area contributed by atoms with Gasteiger partial charge in [0.15, 0.2) is 5.13 Å². The first kappa shape index (κ1) is 9.81. The lowest BCUT2D eigenvalue weighted by Crippen LogP contribution is -2.12. The molecule has 0 aliphatic rings. The van der Waals surface area contributed by atoms with Crippen LogP contribution in [0.2, 0.25) is 0 Å². The summed E-state index contributed by atoms with van der Waals surface area (Å²) in [7, 11) is 0. The zero-order valence-corrected chi connectivity index (χ0v) is 8.87. The fraction of sp³-hybridized carbons (Fsp3) is 0.625. The maximum absolute atomic E-state index is 5.94. The molecular weight excluding hydrogens is 192 g/mol. The van der Waals surface area contributed by atoms with Crippen LogP contribution in [0.4, 0.5) is 5.13 Å². The van der Waals surface area contributed by atoms with Gasteiger partial charge in [-0.1, -0.05) is 6.92 Å². The molecule has 1 aromatic rings. The van der Waals surface area contributed by atoms with Crippen molar-refractivity contribution in [1.29, 1.82) is 0 Å². The van der Waals surface area contributed by atoms with Crippen molar-refractivity contribution in [2.45, 2.75) is 25.6 Å². The Labute approximate surface area is 82.0 Å². The van der Waals surface area contributed by atoms with Crippen molar-refractivity contribution in [3.63, 3.8) is 0 Å². The molecule has 0 fully saturated rings. The molecule has 1 heterocycles. The molecule has 0 radical (unpaired) electrons. The molecule has 1 atom stereocenters. The first-order valence-corrected chi connectivity index (χ1v) is 5.34. The highest BCUT2D eigenvalue weighted by atomic mass is 35.5. The number of aromatic nitrogens is 1. The lowest BCUT2D eigenvalue weighted by Gasteiger charge is -2.05. The molecular formula is C8H13ClN2S. The van der Waals surface area contributed by atoms with E-state index < -0.39 is 0 Å². The van der Waals surface area contributed by atoms with E-state index >= 15 is 0 Å². The lowest BCUT2D eigenvalue weighted by atomic mass is 10.3. The summed E-state index contributed by atoms with van der Waals surface area (Å²) in [5.74, 6) is 0. The summed E-state index contributed by atoms with van der Waals surface area (Å²) in [4.78, 5) is 4.27. The minimum Gasteiger partial charge on any atom is -0.360 e. The van der Waals surface area contributed by atoms with E-state index in [1.54, 1.807) is 11.3 Å². The number of aryl methyl sites for hydroxylation is 1. The van der Waals surface area contributed by atoms with Crippen LogP contribution in [0.1, 0.15) is 19.0 Å². The number of nitrogens with one attached hydrogen (secondary N) is 1. The van der Waals surface area contributed by atoms with E-state index in [0.29, 0.717) is 0 Å². The monoisotopic (exact) mass is 204 g/mol. The topological polar surface area (TPSA) is 24.9 Å². The van der Waals surface area contributed by atoms with E-state index in [2.05, 4.69) is 17.2 Å². The van der Waals surface area contributed by atoms with E-state index in [9.17, 15) is 0 Å². The third-order valence-corrected chi connectivity index (χ3v) is 2.92. The molecule has 4 heteroatoms. The summed E-state index contributed by atoms with van der Waals surface area (Å²) < 4.78 is 0. The molecule has 1 aromatic heterocycles. The summed E-state index contributed by atoms with van der Waals surface area (Å²) in [5.41, 5.74) is 1.06. The SMILES string of the molecule is CCC(Cl)CNc1nc(C)cs1. The summed E-state index contributed by atoms with van der Waals surface area (Å²) in [6.07, 6.45) is 0.985. The highest BCUT2D eigenvalue weighted by molar-refractivity contribution is 7.13. The number of anilines is 1. The minimum absolute atomic E-state index is 0.203. The van der Waals surface area contributed by atoms with E-state index in [0.717, 1.165) is 23.8 Å². The second kappa shape index (κ2) is 4.67. The average Bonchev–Trinajstić information content (AvgIpc) is 2.47. The van der Waals surface area contributed by atoms with Crippen LogP contribution in [0.15, 0.2) is 5.38 Å². The van der Waals surface area contributed by atoms with Gasteiger partial charge in [0.25, 0.3) is 0 Å². The lowest BCUT2D eigenvalue weighted by molar-refractivity contribution is 0.842. The highest BCUT2D eigenvalue weighted by Crippen LogP contribution is 2.14. The number of nitrogens with zero attached hydrogens (tertiary/aromatic N) is 1. The van der Waals surface area contributed by atoms with Crippen molar-refractivity contribution in [1.82, 2.24) is 4.98 Å². The predicted octanol–water partition coefficient (Wildman–Crippen LogP) is 2.88.